The van der Waals surface area contributed by atoms with Crippen molar-refractivity contribution < 1.29 is 17.5 Å². The molecule has 0 spiro atoms. The van der Waals surface area contributed by atoms with E-state index in [4.69, 9.17) is 4.74 Å². The molecular weight excluding hydrogens is 281 g/mol. The van der Waals surface area contributed by atoms with Gasteiger partial charge in [0.1, 0.15) is 11.2 Å². The molecule has 1 fully saturated rings. The van der Waals surface area contributed by atoms with E-state index < -0.39 is 32.2 Å². The minimum atomic E-state index is -3.37. The Kier molecular flexibility index (Phi) is 3.85. The molecule has 1 aromatic rings. The standard InChI is InChI=1S/C14H16FNO3S/c1-3-20(17,18)13-12(14(13,8-16)9-19-2)10-4-6-11(15)7-5-10/h4-7,12-13H,3,9H2,1-2H3. The third-order valence-corrected chi connectivity index (χ3v) is 6.14. The highest BCUT2D eigenvalue weighted by Crippen LogP contribution is 2.62. The predicted molar refractivity (Wildman–Crippen MR) is 72.3 cm³/mol. The highest BCUT2D eigenvalue weighted by Gasteiger charge is 2.71. The van der Waals surface area contributed by atoms with Crippen LogP contribution in [0.25, 0.3) is 0 Å². The Labute approximate surface area is 118 Å². The Hall–Kier alpha value is -1.45. The van der Waals surface area contributed by atoms with E-state index in [9.17, 15) is 18.1 Å². The second-order valence-electron chi connectivity index (χ2n) is 4.99. The van der Waals surface area contributed by atoms with Gasteiger partial charge in [-0.15, -0.1) is 0 Å². The summed E-state index contributed by atoms with van der Waals surface area (Å²) in [5.74, 6) is -0.876. The van der Waals surface area contributed by atoms with Crippen molar-refractivity contribution in [3.63, 3.8) is 0 Å². The van der Waals surface area contributed by atoms with Gasteiger partial charge in [0.2, 0.25) is 0 Å². The zero-order valence-corrected chi connectivity index (χ0v) is 12.2. The Morgan fingerprint density at radius 1 is 1.40 bits per heavy atom. The summed E-state index contributed by atoms with van der Waals surface area (Å²) in [6, 6.07) is 7.73. The van der Waals surface area contributed by atoms with Gasteiger partial charge >= 0.3 is 0 Å². The normalized spacial score (nSPS) is 28.9. The molecule has 0 aromatic heterocycles. The van der Waals surface area contributed by atoms with Crippen molar-refractivity contribution >= 4 is 9.84 Å². The first-order valence-corrected chi connectivity index (χ1v) is 8.01. The van der Waals surface area contributed by atoms with Crippen molar-refractivity contribution in [2.24, 2.45) is 5.41 Å². The van der Waals surface area contributed by atoms with Crippen LogP contribution in [0.4, 0.5) is 4.39 Å². The number of hydrogen-bond donors (Lipinski definition) is 0. The van der Waals surface area contributed by atoms with Crippen LogP contribution < -0.4 is 0 Å². The van der Waals surface area contributed by atoms with E-state index in [1.165, 1.54) is 31.4 Å². The minimum Gasteiger partial charge on any atom is -0.383 e. The summed E-state index contributed by atoms with van der Waals surface area (Å²) in [4.78, 5) is 0. The average molecular weight is 297 g/mol. The summed E-state index contributed by atoms with van der Waals surface area (Å²) >= 11 is 0. The van der Waals surface area contributed by atoms with Crippen molar-refractivity contribution in [3.05, 3.63) is 35.6 Å². The van der Waals surface area contributed by atoms with Crippen LogP contribution in [-0.2, 0) is 14.6 Å². The number of halogens is 1. The molecule has 1 aliphatic rings. The lowest BCUT2D eigenvalue weighted by atomic mass is 10.0. The van der Waals surface area contributed by atoms with Crippen LogP contribution in [0.15, 0.2) is 24.3 Å². The molecule has 3 atom stereocenters. The maximum absolute atomic E-state index is 13.0. The summed E-state index contributed by atoms with van der Waals surface area (Å²) in [5.41, 5.74) is -0.409. The summed E-state index contributed by atoms with van der Waals surface area (Å²) in [7, 11) is -1.93. The van der Waals surface area contributed by atoms with E-state index in [1.54, 1.807) is 6.92 Å². The second kappa shape index (κ2) is 5.15. The van der Waals surface area contributed by atoms with E-state index >= 15 is 0 Å². The lowest BCUT2D eigenvalue weighted by molar-refractivity contribution is 0.162. The Bertz CT molecular complexity index is 635. The summed E-state index contributed by atoms with van der Waals surface area (Å²) in [5, 5.41) is 8.65. The number of nitriles is 1. The molecule has 0 aliphatic heterocycles. The van der Waals surface area contributed by atoms with Gasteiger partial charge < -0.3 is 4.74 Å². The summed E-state index contributed by atoms with van der Waals surface area (Å²) in [6.45, 7) is 1.61. The lowest BCUT2D eigenvalue weighted by Gasteiger charge is -2.07. The van der Waals surface area contributed by atoms with Gasteiger partial charge in [-0.2, -0.15) is 5.26 Å². The fourth-order valence-corrected chi connectivity index (χ4v) is 4.83. The number of ether oxygens (including phenoxy) is 1. The van der Waals surface area contributed by atoms with Crippen LogP contribution in [-0.4, -0.2) is 33.1 Å². The highest BCUT2D eigenvalue weighted by atomic mass is 32.2. The van der Waals surface area contributed by atoms with E-state index in [1.807, 2.05) is 0 Å². The first kappa shape index (κ1) is 14.9. The van der Waals surface area contributed by atoms with Crippen LogP contribution in [0, 0.1) is 22.6 Å². The van der Waals surface area contributed by atoms with Crippen molar-refractivity contribution in [2.45, 2.75) is 18.1 Å². The lowest BCUT2D eigenvalue weighted by Crippen LogP contribution is -2.20. The molecule has 1 saturated carbocycles. The number of hydrogen-bond acceptors (Lipinski definition) is 4. The largest absolute Gasteiger partial charge is 0.383 e. The molecule has 0 N–H and O–H groups in total. The number of rotatable bonds is 5. The SMILES string of the molecule is CCS(=O)(=O)C1C(c2ccc(F)cc2)C1(C#N)COC. The van der Waals surface area contributed by atoms with Crippen LogP contribution in [0.1, 0.15) is 18.4 Å². The molecule has 2 rings (SSSR count). The van der Waals surface area contributed by atoms with E-state index in [0.29, 0.717) is 5.56 Å². The van der Waals surface area contributed by atoms with Crippen LogP contribution in [0.2, 0.25) is 0 Å². The first-order valence-electron chi connectivity index (χ1n) is 6.30. The van der Waals surface area contributed by atoms with Crippen LogP contribution in [0.5, 0.6) is 0 Å². The monoisotopic (exact) mass is 297 g/mol. The van der Waals surface area contributed by atoms with Gasteiger partial charge in [-0.3, -0.25) is 0 Å². The van der Waals surface area contributed by atoms with Crippen LogP contribution in [0.3, 0.4) is 0 Å². The average Bonchev–Trinajstić information content (AvgIpc) is 3.10. The number of sulfone groups is 1. The Morgan fingerprint density at radius 3 is 2.45 bits per heavy atom. The minimum absolute atomic E-state index is 0.0253. The van der Waals surface area contributed by atoms with Gasteiger partial charge in [0.05, 0.1) is 17.9 Å². The van der Waals surface area contributed by atoms with E-state index in [2.05, 4.69) is 6.07 Å². The second-order valence-corrected chi connectivity index (χ2v) is 7.40. The Balaban J connectivity index is 2.45. The molecule has 3 unspecified atom stereocenters. The van der Waals surface area contributed by atoms with Gasteiger partial charge in [0, 0.05) is 18.8 Å². The molecule has 1 aromatic carbocycles. The van der Waals surface area contributed by atoms with Crippen molar-refractivity contribution in [1.82, 2.24) is 0 Å². The molecule has 20 heavy (non-hydrogen) atoms. The number of benzene rings is 1. The topological polar surface area (TPSA) is 67.2 Å². The number of methoxy groups -OCH3 is 1. The van der Waals surface area contributed by atoms with Crippen molar-refractivity contribution in [3.8, 4) is 6.07 Å². The zero-order chi connectivity index (χ0) is 15.0. The predicted octanol–water partition coefficient (Wildman–Crippen LogP) is 1.88. The maximum Gasteiger partial charge on any atom is 0.155 e. The molecule has 0 radical (unpaired) electrons. The molecule has 0 saturated heterocycles. The first-order chi connectivity index (χ1) is 9.43. The zero-order valence-electron chi connectivity index (χ0n) is 11.3. The third kappa shape index (κ3) is 2.21. The van der Waals surface area contributed by atoms with Gasteiger partial charge in [-0.25, -0.2) is 12.8 Å². The van der Waals surface area contributed by atoms with Crippen molar-refractivity contribution in [2.75, 3.05) is 19.5 Å². The van der Waals surface area contributed by atoms with Gasteiger partial charge in [-0.1, -0.05) is 19.1 Å². The van der Waals surface area contributed by atoms with Crippen molar-refractivity contribution in [1.29, 1.82) is 5.26 Å². The molecule has 0 heterocycles. The summed E-state index contributed by atoms with van der Waals surface area (Å²) in [6.07, 6.45) is 0. The Morgan fingerprint density at radius 2 is 2.00 bits per heavy atom. The fraction of sp³-hybridized carbons (Fsp3) is 0.500. The maximum atomic E-state index is 13.0. The van der Waals surface area contributed by atoms with Gasteiger partial charge in [0.25, 0.3) is 0 Å². The fourth-order valence-electron chi connectivity index (χ4n) is 2.83. The molecule has 1 aliphatic carbocycles. The highest BCUT2D eigenvalue weighted by molar-refractivity contribution is 7.92. The summed E-state index contributed by atoms with van der Waals surface area (Å²) < 4.78 is 42.4. The van der Waals surface area contributed by atoms with Gasteiger partial charge in [0.15, 0.2) is 9.84 Å². The van der Waals surface area contributed by atoms with Gasteiger partial charge in [-0.05, 0) is 17.7 Å². The molecule has 108 valence electrons. The third-order valence-electron chi connectivity index (χ3n) is 3.87. The van der Waals surface area contributed by atoms with E-state index in [-0.39, 0.29) is 12.4 Å². The molecule has 0 bridgehead atoms. The molecular formula is C14H16FNO3S. The van der Waals surface area contributed by atoms with E-state index in [0.717, 1.165) is 0 Å². The molecule has 0 amide bonds. The number of nitrogens with zero attached hydrogens (tertiary/aromatic N) is 1. The molecule has 4 nitrogen and oxygen atoms in total. The molecule has 6 heteroatoms. The smallest absolute Gasteiger partial charge is 0.155 e. The van der Waals surface area contributed by atoms with Crippen LogP contribution >= 0.6 is 0 Å². The quantitative estimate of drug-likeness (QED) is 0.832.